The highest BCUT2D eigenvalue weighted by Crippen LogP contribution is 2.19. The van der Waals surface area contributed by atoms with Crippen LogP contribution in [0.1, 0.15) is 25.7 Å². The van der Waals surface area contributed by atoms with E-state index >= 15 is 0 Å². The zero-order valence-corrected chi connectivity index (χ0v) is 11.7. The van der Waals surface area contributed by atoms with Crippen LogP contribution < -0.4 is 0 Å². The Labute approximate surface area is 117 Å². The maximum absolute atomic E-state index is 6.10. The monoisotopic (exact) mass is 279 g/mol. The third kappa shape index (κ3) is 2.87. The summed E-state index contributed by atoms with van der Waals surface area (Å²) in [4.78, 5) is 10.8. The van der Waals surface area contributed by atoms with Gasteiger partial charge in [-0.2, -0.15) is 5.10 Å². The Bertz CT molecular complexity index is 545. The maximum Gasteiger partial charge on any atom is 0.162 e. The minimum absolute atomic E-state index is 0.492. The third-order valence-corrected chi connectivity index (χ3v) is 3.97. The van der Waals surface area contributed by atoms with Gasteiger partial charge in [-0.3, -0.25) is 0 Å². The SMILES string of the molecule is Clc1nn(CCN2CCCCCC2)c2ncncc12. The molecule has 1 aliphatic rings. The Morgan fingerprint density at radius 2 is 1.89 bits per heavy atom. The summed E-state index contributed by atoms with van der Waals surface area (Å²) in [5, 5.41) is 5.68. The van der Waals surface area contributed by atoms with E-state index in [0.717, 1.165) is 24.1 Å². The molecule has 0 radical (unpaired) electrons. The van der Waals surface area contributed by atoms with Crippen LogP contribution in [0.15, 0.2) is 12.5 Å². The van der Waals surface area contributed by atoms with Crippen molar-refractivity contribution in [3.05, 3.63) is 17.7 Å². The quantitative estimate of drug-likeness (QED) is 0.865. The lowest BCUT2D eigenvalue weighted by Gasteiger charge is -2.19. The molecule has 0 aromatic carbocycles. The van der Waals surface area contributed by atoms with Crippen LogP contribution in [0, 0.1) is 0 Å². The summed E-state index contributed by atoms with van der Waals surface area (Å²) in [6, 6.07) is 0. The summed E-state index contributed by atoms with van der Waals surface area (Å²) >= 11 is 6.10. The van der Waals surface area contributed by atoms with E-state index in [9.17, 15) is 0 Å². The lowest BCUT2D eigenvalue weighted by molar-refractivity contribution is 0.270. The number of aromatic nitrogens is 4. The first kappa shape index (κ1) is 12.8. The van der Waals surface area contributed by atoms with Crippen LogP contribution in [0.3, 0.4) is 0 Å². The minimum Gasteiger partial charge on any atom is -0.301 e. The molecule has 0 unspecified atom stereocenters. The molecule has 19 heavy (non-hydrogen) atoms. The van der Waals surface area contributed by atoms with Gasteiger partial charge in [0.25, 0.3) is 0 Å². The molecule has 0 atom stereocenters. The number of nitrogens with zero attached hydrogens (tertiary/aromatic N) is 5. The Kier molecular flexibility index (Phi) is 3.94. The van der Waals surface area contributed by atoms with Gasteiger partial charge in [-0.1, -0.05) is 24.4 Å². The zero-order valence-electron chi connectivity index (χ0n) is 10.9. The fourth-order valence-corrected chi connectivity index (χ4v) is 2.86. The minimum atomic E-state index is 0.492. The van der Waals surface area contributed by atoms with E-state index in [1.165, 1.54) is 38.8 Å². The van der Waals surface area contributed by atoms with Crippen LogP contribution in [0.25, 0.3) is 11.0 Å². The molecule has 3 rings (SSSR count). The van der Waals surface area contributed by atoms with Crippen molar-refractivity contribution < 1.29 is 0 Å². The third-order valence-electron chi connectivity index (χ3n) is 3.69. The van der Waals surface area contributed by atoms with Crippen LogP contribution in [-0.4, -0.2) is 44.3 Å². The van der Waals surface area contributed by atoms with E-state index in [0.29, 0.717) is 5.15 Å². The average Bonchev–Trinajstić information content (AvgIpc) is 2.63. The van der Waals surface area contributed by atoms with Gasteiger partial charge in [0.2, 0.25) is 0 Å². The van der Waals surface area contributed by atoms with Crippen LogP contribution in [0.2, 0.25) is 5.15 Å². The van der Waals surface area contributed by atoms with Gasteiger partial charge in [0, 0.05) is 12.7 Å². The summed E-state index contributed by atoms with van der Waals surface area (Å²) in [5.41, 5.74) is 0.829. The van der Waals surface area contributed by atoms with Gasteiger partial charge in [-0.25, -0.2) is 14.6 Å². The first-order chi connectivity index (χ1) is 9.34. The zero-order chi connectivity index (χ0) is 13.1. The van der Waals surface area contributed by atoms with Crippen LogP contribution in [0.5, 0.6) is 0 Å². The van der Waals surface area contributed by atoms with E-state index in [4.69, 9.17) is 11.6 Å². The molecule has 0 saturated carbocycles. The van der Waals surface area contributed by atoms with E-state index in [1.54, 1.807) is 12.5 Å². The molecular formula is C13H18ClN5. The molecule has 1 aliphatic heterocycles. The van der Waals surface area contributed by atoms with Crippen LogP contribution in [0.4, 0.5) is 0 Å². The predicted octanol–water partition coefficient (Wildman–Crippen LogP) is 2.36. The Morgan fingerprint density at radius 3 is 2.68 bits per heavy atom. The molecule has 0 N–H and O–H groups in total. The van der Waals surface area contributed by atoms with Gasteiger partial charge in [-0.05, 0) is 25.9 Å². The van der Waals surface area contributed by atoms with E-state index < -0.39 is 0 Å². The van der Waals surface area contributed by atoms with Gasteiger partial charge in [-0.15, -0.1) is 0 Å². The molecule has 102 valence electrons. The Hall–Kier alpha value is -1.20. The lowest BCUT2D eigenvalue weighted by Crippen LogP contribution is -2.28. The smallest absolute Gasteiger partial charge is 0.162 e. The van der Waals surface area contributed by atoms with Crippen molar-refractivity contribution in [1.29, 1.82) is 0 Å². The van der Waals surface area contributed by atoms with Crippen molar-refractivity contribution in [1.82, 2.24) is 24.6 Å². The molecule has 5 nitrogen and oxygen atoms in total. The molecule has 0 amide bonds. The molecule has 0 spiro atoms. The Morgan fingerprint density at radius 1 is 1.11 bits per heavy atom. The topological polar surface area (TPSA) is 46.8 Å². The van der Waals surface area contributed by atoms with E-state index in [1.807, 2.05) is 4.68 Å². The molecule has 6 heteroatoms. The normalized spacial score (nSPS) is 17.7. The van der Waals surface area contributed by atoms with Crippen molar-refractivity contribution in [2.24, 2.45) is 0 Å². The maximum atomic E-state index is 6.10. The summed E-state index contributed by atoms with van der Waals surface area (Å²) in [5.74, 6) is 0. The first-order valence-electron chi connectivity index (χ1n) is 6.89. The number of likely N-dealkylation sites (tertiary alicyclic amines) is 1. The molecule has 1 saturated heterocycles. The largest absolute Gasteiger partial charge is 0.301 e. The fraction of sp³-hybridized carbons (Fsp3) is 0.615. The van der Waals surface area contributed by atoms with Gasteiger partial charge in [0.1, 0.15) is 6.33 Å². The highest BCUT2D eigenvalue weighted by molar-refractivity contribution is 6.34. The van der Waals surface area contributed by atoms with E-state index in [-0.39, 0.29) is 0 Å². The first-order valence-corrected chi connectivity index (χ1v) is 7.27. The number of hydrogen-bond acceptors (Lipinski definition) is 4. The second kappa shape index (κ2) is 5.84. The number of halogens is 1. The predicted molar refractivity (Wildman–Crippen MR) is 75.2 cm³/mol. The lowest BCUT2D eigenvalue weighted by atomic mass is 10.2. The standard InChI is InChI=1S/C13H18ClN5/c14-12-11-9-15-10-16-13(11)19(17-12)8-7-18-5-3-1-2-4-6-18/h9-10H,1-8H2. The molecule has 2 aromatic rings. The second-order valence-electron chi connectivity index (χ2n) is 5.03. The fourth-order valence-electron chi connectivity index (χ4n) is 2.63. The Balaban J connectivity index is 1.71. The molecule has 1 fully saturated rings. The highest BCUT2D eigenvalue weighted by atomic mass is 35.5. The van der Waals surface area contributed by atoms with Crippen molar-refractivity contribution in [3.8, 4) is 0 Å². The number of rotatable bonds is 3. The van der Waals surface area contributed by atoms with Crippen LogP contribution >= 0.6 is 11.6 Å². The summed E-state index contributed by atoms with van der Waals surface area (Å²) in [7, 11) is 0. The van der Waals surface area contributed by atoms with Crippen molar-refractivity contribution in [2.75, 3.05) is 19.6 Å². The van der Waals surface area contributed by atoms with Crippen LogP contribution in [-0.2, 0) is 6.54 Å². The van der Waals surface area contributed by atoms with Crippen molar-refractivity contribution in [2.45, 2.75) is 32.2 Å². The van der Waals surface area contributed by atoms with Gasteiger partial charge in [0.15, 0.2) is 10.8 Å². The van der Waals surface area contributed by atoms with Gasteiger partial charge < -0.3 is 4.90 Å². The second-order valence-corrected chi connectivity index (χ2v) is 5.39. The summed E-state index contributed by atoms with van der Waals surface area (Å²) in [6.45, 7) is 4.24. The molecule has 3 heterocycles. The summed E-state index contributed by atoms with van der Waals surface area (Å²) in [6.07, 6.45) is 8.61. The number of fused-ring (bicyclic) bond motifs is 1. The van der Waals surface area contributed by atoms with E-state index in [2.05, 4.69) is 20.0 Å². The van der Waals surface area contributed by atoms with Crippen molar-refractivity contribution in [3.63, 3.8) is 0 Å². The number of hydrogen-bond donors (Lipinski definition) is 0. The van der Waals surface area contributed by atoms with Gasteiger partial charge in [0.05, 0.1) is 11.9 Å². The molecule has 0 aliphatic carbocycles. The summed E-state index contributed by atoms with van der Waals surface area (Å²) < 4.78 is 1.89. The highest BCUT2D eigenvalue weighted by Gasteiger charge is 2.12. The van der Waals surface area contributed by atoms with Gasteiger partial charge >= 0.3 is 0 Å². The van der Waals surface area contributed by atoms with Crippen molar-refractivity contribution >= 4 is 22.6 Å². The average molecular weight is 280 g/mol. The molecule has 0 bridgehead atoms. The molecule has 2 aromatic heterocycles. The molecular weight excluding hydrogens is 262 g/mol.